The molecule has 0 aliphatic carbocycles. The number of nitrogens with one attached hydrogen (secondary N) is 1. The van der Waals surface area contributed by atoms with E-state index < -0.39 is 0 Å². The zero-order valence-corrected chi connectivity index (χ0v) is 10.7. The molecular formula is C13H21NO3. The van der Waals surface area contributed by atoms with E-state index in [0.717, 1.165) is 30.2 Å². The van der Waals surface area contributed by atoms with Crippen LogP contribution in [-0.4, -0.2) is 32.5 Å². The van der Waals surface area contributed by atoms with Gasteiger partial charge in [0.05, 0.1) is 19.9 Å². The van der Waals surface area contributed by atoms with Crippen molar-refractivity contribution in [1.29, 1.82) is 0 Å². The van der Waals surface area contributed by atoms with Crippen molar-refractivity contribution in [1.82, 2.24) is 0 Å². The van der Waals surface area contributed by atoms with Crippen molar-refractivity contribution < 1.29 is 14.6 Å². The van der Waals surface area contributed by atoms with E-state index >= 15 is 0 Å². The monoisotopic (exact) mass is 239 g/mol. The molecule has 1 aromatic carbocycles. The number of hydrogen-bond acceptors (Lipinski definition) is 4. The van der Waals surface area contributed by atoms with Gasteiger partial charge in [0.15, 0.2) is 0 Å². The van der Waals surface area contributed by atoms with E-state index in [2.05, 4.69) is 12.2 Å². The van der Waals surface area contributed by atoms with E-state index in [4.69, 9.17) is 14.6 Å². The molecule has 0 amide bonds. The Bertz CT molecular complexity index is 337. The molecule has 1 aromatic rings. The van der Waals surface area contributed by atoms with Crippen molar-refractivity contribution >= 4 is 5.69 Å². The van der Waals surface area contributed by atoms with Gasteiger partial charge in [-0.3, -0.25) is 0 Å². The maximum atomic E-state index is 9.12. The first-order valence-corrected chi connectivity index (χ1v) is 5.81. The van der Waals surface area contributed by atoms with E-state index in [1.807, 2.05) is 18.2 Å². The second kappa shape index (κ2) is 7.01. The van der Waals surface area contributed by atoms with Gasteiger partial charge in [0.25, 0.3) is 0 Å². The third-order valence-electron chi connectivity index (χ3n) is 2.83. The Morgan fingerprint density at radius 1 is 1.29 bits per heavy atom. The summed E-state index contributed by atoms with van der Waals surface area (Å²) in [5.41, 5.74) is 0.917. The lowest BCUT2D eigenvalue weighted by Crippen LogP contribution is -2.17. The Balaban J connectivity index is 2.70. The highest BCUT2D eigenvalue weighted by atomic mass is 16.5. The molecule has 2 N–H and O–H groups in total. The van der Waals surface area contributed by atoms with Gasteiger partial charge in [-0.15, -0.1) is 0 Å². The molecule has 0 radical (unpaired) electrons. The van der Waals surface area contributed by atoms with Gasteiger partial charge in [-0.1, -0.05) is 6.92 Å². The van der Waals surface area contributed by atoms with Gasteiger partial charge in [0, 0.05) is 19.2 Å². The number of anilines is 1. The van der Waals surface area contributed by atoms with Gasteiger partial charge in [-0.25, -0.2) is 0 Å². The van der Waals surface area contributed by atoms with Crippen LogP contribution >= 0.6 is 0 Å². The summed E-state index contributed by atoms with van der Waals surface area (Å²) >= 11 is 0. The minimum absolute atomic E-state index is 0.196. The highest BCUT2D eigenvalue weighted by Gasteiger charge is 2.08. The Morgan fingerprint density at radius 3 is 2.59 bits per heavy atom. The van der Waals surface area contributed by atoms with Crippen molar-refractivity contribution in [2.75, 3.05) is 32.7 Å². The van der Waals surface area contributed by atoms with Crippen molar-refractivity contribution in [3.63, 3.8) is 0 Å². The summed E-state index contributed by atoms with van der Waals surface area (Å²) in [6.07, 6.45) is 0.946. The fourth-order valence-electron chi connectivity index (χ4n) is 1.54. The zero-order valence-electron chi connectivity index (χ0n) is 10.7. The van der Waals surface area contributed by atoms with Crippen molar-refractivity contribution in [3.05, 3.63) is 18.2 Å². The molecule has 0 saturated carbocycles. The number of aliphatic hydroxyl groups excluding tert-OH is 1. The maximum Gasteiger partial charge on any atom is 0.145 e. The van der Waals surface area contributed by atoms with Gasteiger partial charge in [-0.2, -0.15) is 0 Å². The van der Waals surface area contributed by atoms with Crippen LogP contribution < -0.4 is 14.8 Å². The Hall–Kier alpha value is -1.42. The van der Waals surface area contributed by atoms with Crippen molar-refractivity contribution in [3.8, 4) is 11.5 Å². The quantitative estimate of drug-likeness (QED) is 0.765. The number of rotatable bonds is 7. The molecule has 0 saturated heterocycles. The predicted molar refractivity (Wildman–Crippen MR) is 68.9 cm³/mol. The predicted octanol–water partition coefficient (Wildman–Crippen LogP) is 2.13. The highest BCUT2D eigenvalue weighted by molar-refractivity contribution is 5.59. The van der Waals surface area contributed by atoms with Crippen LogP contribution in [0, 0.1) is 5.92 Å². The summed E-state index contributed by atoms with van der Waals surface area (Å²) in [6, 6.07) is 5.63. The van der Waals surface area contributed by atoms with E-state index in [1.54, 1.807) is 14.2 Å². The first-order valence-electron chi connectivity index (χ1n) is 5.81. The molecule has 17 heavy (non-hydrogen) atoms. The average molecular weight is 239 g/mol. The standard InChI is InChI=1S/C13H21NO3/c1-4-10(9-15)8-14-12-6-5-11(16-2)7-13(12)17-3/h5-7,10,14-15H,4,8-9H2,1-3H3. The lowest BCUT2D eigenvalue weighted by molar-refractivity contribution is 0.230. The molecule has 0 fully saturated rings. The third kappa shape index (κ3) is 3.82. The van der Waals surface area contributed by atoms with Gasteiger partial charge in [-0.05, 0) is 24.5 Å². The summed E-state index contributed by atoms with van der Waals surface area (Å²) in [4.78, 5) is 0. The summed E-state index contributed by atoms with van der Waals surface area (Å²) in [5, 5.41) is 12.4. The highest BCUT2D eigenvalue weighted by Crippen LogP contribution is 2.29. The van der Waals surface area contributed by atoms with Crippen LogP contribution in [-0.2, 0) is 0 Å². The minimum atomic E-state index is 0.196. The molecule has 4 nitrogen and oxygen atoms in total. The van der Waals surface area contributed by atoms with Crippen molar-refractivity contribution in [2.24, 2.45) is 5.92 Å². The lowest BCUT2D eigenvalue weighted by Gasteiger charge is -2.16. The number of aliphatic hydroxyl groups is 1. The van der Waals surface area contributed by atoms with Crippen LogP contribution in [0.25, 0.3) is 0 Å². The summed E-state index contributed by atoms with van der Waals surface area (Å²) in [7, 11) is 3.25. The normalized spacial score (nSPS) is 12.0. The first-order chi connectivity index (χ1) is 8.24. The molecule has 0 aliphatic heterocycles. The second-order valence-electron chi connectivity index (χ2n) is 3.90. The molecule has 96 valence electrons. The Kier molecular flexibility index (Phi) is 5.63. The van der Waals surface area contributed by atoms with Crippen molar-refractivity contribution in [2.45, 2.75) is 13.3 Å². The van der Waals surface area contributed by atoms with Gasteiger partial charge < -0.3 is 19.9 Å². The van der Waals surface area contributed by atoms with Gasteiger partial charge >= 0.3 is 0 Å². The van der Waals surface area contributed by atoms with Gasteiger partial charge in [0.1, 0.15) is 11.5 Å². The molecule has 1 rings (SSSR count). The number of hydrogen-bond donors (Lipinski definition) is 2. The van der Waals surface area contributed by atoms with E-state index in [0.29, 0.717) is 0 Å². The minimum Gasteiger partial charge on any atom is -0.497 e. The average Bonchev–Trinajstić information content (AvgIpc) is 2.39. The number of ether oxygens (including phenoxy) is 2. The third-order valence-corrected chi connectivity index (χ3v) is 2.83. The van der Waals surface area contributed by atoms with Crippen LogP contribution in [0.3, 0.4) is 0 Å². The van der Waals surface area contributed by atoms with Crippen LogP contribution in [0.1, 0.15) is 13.3 Å². The first kappa shape index (κ1) is 13.6. The van der Waals surface area contributed by atoms with Crippen LogP contribution in [0.15, 0.2) is 18.2 Å². The molecular weight excluding hydrogens is 218 g/mol. The molecule has 0 aliphatic rings. The smallest absolute Gasteiger partial charge is 0.145 e. The topological polar surface area (TPSA) is 50.7 Å². The van der Waals surface area contributed by atoms with E-state index in [1.165, 1.54) is 0 Å². The number of methoxy groups -OCH3 is 2. The lowest BCUT2D eigenvalue weighted by atomic mass is 10.1. The van der Waals surface area contributed by atoms with Gasteiger partial charge in [0.2, 0.25) is 0 Å². The maximum absolute atomic E-state index is 9.12. The van der Waals surface area contributed by atoms with Crippen LogP contribution in [0.5, 0.6) is 11.5 Å². The summed E-state index contributed by atoms with van der Waals surface area (Å²) in [6.45, 7) is 2.99. The molecule has 1 unspecified atom stereocenters. The zero-order chi connectivity index (χ0) is 12.7. The summed E-state index contributed by atoms with van der Waals surface area (Å²) in [5.74, 6) is 1.78. The molecule has 0 aromatic heterocycles. The SMILES string of the molecule is CCC(CO)CNc1ccc(OC)cc1OC. The molecule has 0 heterocycles. The molecule has 0 spiro atoms. The van der Waals surface area contributed by atoms with E-state index in [-0.39, 0.29) is 12.5 Å². The fourth-order valence-corrected chi connectivity index (χ4v) is 1.54. The fraction of sp³-hybridized carbons (Fsp3) is 0.538. The number of benzene rings is 1. The Morgan fingerprint density at radius 2 is 2.06 bits per heavy atom. The summed E-state index contributed by atoms with van der Waals surface area (Å²) < 4.78 is 10.4. The molecule has 1 atom stereocenters. The largest absolute Gasteiger partial charge is 0.497 e. The Labute approximate surface area is 103 Å². The van der Waals surface area contributed by atoms with Crippen LogP contribution in [0.4, 0.5) is 5.69 Å². The molecule has 4 heteroatoms. The molecule has 0 bridgehead atoms. The second-order valence-corrected chi connectivity index (χ2v) is 3.90. The van der Waals surface area contributed by atoms with E-state index in [9.17, 15) is 0 Å². The van der Waals surface area contributed by atoms with Crippen LogP contribution in [0.2, 0.25) is 0 Å².